The summed E-state index contributed by atoms with van der Waals surface area (Å²) in [6.07, 6.45) is -2.06. The summed E-state index contributed by atoms with van der Waals surface area (Å²) in [5, 5.41) is 22.9. The molecule has 0 aromatic heterocycles. The number of carboxylic acids is 1. The van der Waals surface area contributed by atoms with Gasteiger partial charge in [0.15, 0.2) is 5.96 Å². The average Bonchev–Trinajstić information content (AvgIpc) is 3.07. The van der Waals surface area contributed by atoms with Gasteiger partial charge in [0.1, 0.15) is 30.9 Å². The molecular weight excluding hydrogens is 727 g/mol. The quantitative estimate of drug-likeness (QED) is 0.0571. The topological polar surface area (TPSA) is 338 Å². The van der Waals surface area contributed by atoms with E-state index in [4.69, 9.17) is 37.6 Å². The summed E-state index contributed by atoms with van der Waals surface area (Å²) in [7, 11) is 0. The van der Waals surface area contributed by atoms with Crippen molar-refractivity contribution < 1.29 is 56.6 Å². The van der Waals surface area contributed by atoms with Gasteiger partial charge in [-0.05, 0) is 64.0 Å². The number of amides is 6. The zero-order valence-corrected chi connectivity index (χ0v) is 30.6. The summed E-state index contributed by atoms with van der Waals surface area (Å²) in [4.78, 5) is 90.5. The minimum atomic E-state index is -5.08. The van der Waals surface area contributed by atoms with Crippen molar-refractivity contribution in [1.82, 2.24) is 31.9 Å². The van der Waals surface area contributed by atoms with E-state index < -0.39 is 78.3 Å². The zero-order valence-electron chi connectivity index (χ0n) is 30.6. The summed E-state index contributed by atoms with van der Waals surface area (Å²) in [6, 6.07) is -3.99. The Labute approximate surface area is 311 Å². The molecule has 0 aromatic rings. The fourth-order valence-corrected chi connectivity index (χ4v) is 4.65. The summed E-state index contributed by atoms with van der Waals surface area (Å²) in [5.74, 6) is -6.41. The lowest BCUT2D eigenvalue weighted by molar-refractivity contribution is -0.192. The van der Waals surface area contributed by atoms with Crippen LogP contribution in [0.2, 0.25) is 0 Å². The first-order valence-electron chi connectivity index (χ1n) is 17.4. The first-order valence-corrected chi connectivity index (χ1v) is 17.4. The fraction of sp³-hybridized carbons (Fsp3) is 0.742. The normalized spacial score (nSPS) is 21.9. The van der Waals surface area contributed by atoms with Gasteiger partial charge in [-0.25, -0.2) is 9.79 Å². The first-order chi connectivity index (χ1) is 25.3. The second-order valence-electron chi connectivity index (χ2n) is 12.5. The third-order valence-corrected chi connectivity index (χ3v) is 7.35. The van der Waals surface area contributed by atoms with Gasteiger partial charge in [0, 0.05) is 19.4 Å². The molecule has 0 bridgehead atoms. The molecule has 0 saturated carbocycles. The predicted octanol–water partition coefficient (Wildman–Crippen LogP) is -2.86. The van der Waals surface area contributed by atoms with Crippen LogP contribution in [0.25, 0.3) is 0 Å². The highest BCUT2D eigenvalue weighted by atomic mass is 19.4. The Morgan fingerprint density at radius 3 is 1.85 bits per heavy atom. The van der Waals surface area contributed by atoms with Crippen molar-refractivity contribution >= 4 is 47.4 Å². The second kappa shape index (κ2) is 26.9. The van der Waals surface area contributed by atoms with Crippen molar-refractivity contribution in [3.8, 4) is 0 Å². The Kier molecular flexibility index (Phi) is 24.5. The molecule has 0 radical (unpaired) electrons. The van der Waals surface area contributed by atoms with E-state index in [-0.39, 0.29) is 63.9 Å². The molecule has 0 aliphatic carbocycles. The number of alkyl halides is 3. The van der Waals surface area contributed by atoms with Crippen LogP contribution in [-0.2, 0) is 38.3 Å². The van der Waals surface area contributed by atoms with Crippen LogP contribution >= 0.6 is 0 Å². The average molecular weight is 784 g/mol. The highest BCUT2D eigenvalue weighted by Gasteiger charge is 2.38. The van der Waals surface area contributed by atoms with E-state index in [1.54, 1.807) is 0 Å². The molecule has 1 rings (SSSR count). The number of carbonyl (C=O) groups is 7. The largest absolute Gasteiger partial charge is 0.490 e. The summed E-state index contributed by atoms with van der Waals surface area (Å²) < 4.78 is 37.2. The minimum absolute atomic E-state index is 0.0159. The van der Waals surface area contributed by atoms with E-state index in [2.05, 4.69) is 36.9 Å². The van der Waals surface area contributed by atoms with Crippen LogP contribution < -0.4 is 54.8 Å². The minimum Gasteiger partial charge on any atom is -0.475 e. The van der Waals surface area contributed by atoms with Crippen molar-refractivity contribution in [2.45, 2.75) is 102 Å². The zero-order chi connectivity index (χ0) is 41.3. The molecule has 15 N–H and O–H groups in total. The monoisotopic (exact) mass is 783 g/mol. The molecule has 0 spiro atoms. The maximum absolute atomic E-state index is 13.5. The second-order valence-corrected chi connectivity index (χ2v) is 12.5. The Morgan fingerprint density at radius 2 is 1.35 bits per heavy atom. The third-order valence-electron chi connectivity index (χ3n) is 7.35. The highest BCUT2D eigenvalue weighted by molar-refractivity contribution is 5.94. The molecule has 1 fully saturated rings. The van der Waals surface area contributed by atoms with Crippen LogP contribution in [0.15, 0.2) is 4.99 Å². The van der Waals surface area contributed by atoms with Crippen LogP contribution in [0.3, 0.4) is 0 Å². The Hall–Kier alpha value is -4.77. The lowest BCUT2D eigenvalue weighted by Gasteiger charge is -2.26. The van der Waals surface area contributed by atoms with Gasteiger partial charge >= 0.3 is 12.1 Å². The van der Waals surface area contributed by atoms with Crippen molar-refractivity contribution in [2.75, 3.05) is 39.5 Å². The van der Waals surface area contributed by atoms with Gasteiger partial charge in [-0.3, -0.25) is 28.8 Å². The van der Waals surface area contributed by atoms with Gasteiger partial charge in [0.05, 0.1) is 13.2 Å². The maximum atomic E-state index is 13.5. The van der Waals surface area contributed by atoms with E-state index in [1.807, 2.05) is 13.8 Å². The number of aliphatic carboxylic acids is 1. The molecule has 54 heavy (non-hydrogen) atoms. The van der Waals surface area contributed by atoms with Gasteiger partial charge in [0.2, 0.25) is 35.4 Å². The molecule has 23 heteroatoms. The molecule has 6 amide bonds. The number of rotatable bonds is 11. The van der Waals surface area contributed by atoms with Gasteiger partial charge in [-0.2, -0.15) is 13.2 Å². The molecule has 310 valence electrons. The van der Waals surface area contributed by atoms with Gasteiger partial charge in [0.25, 0.3) is 0 Å². The maximum Gasteiger partial charge on any atom is 0.490 e. The van der Waals surface area contributed by atoms with Crippen molar-refractivity contribution in [3.63, 3.8) is 0 Å². The molecule has 1 saturated heterocycles. The first kappa shape index (κ1) is 49.2. The van der Waals surface area contributed by atoms with Crippen molar-refractivity contribution in [3.05, 3.63) is 0 Å². The number of carboxylic acid groups (broad SMARTS) is 1. The van der Waals surface area contributed by atoms with Crippen LogP contribution in [0, 0.1) is 5.92 Å². The molecule has 4 atom stereocenters. The van der Waals surface area contributed by atoms with Gasteiger partial charge in [-0.1, -0.05) is 13.8 Å². The summed E-state index contributed by atoms with van der Waals surface area (Å²) >= 11 is 0. The predicted molar refractivity (Wildman–Crippen MR) is 189 cm³/mol. The third kappa shape index (κ3) is 23.0. The fourth-order valence-electron chi connectivity index (χ4n) is 4.65. The molecule has 20 nitrogen and oxygen atoms in total. The number of guanidine groups is 1. The molecule has 0 aromatic carbocycles. The van der Waals surface area contributed by atoms with Gasteiger partial charge in [-0.15, -0.1) is 0 Å². The number of ether oxygens (including phenoxy) is 1. The number of hydrogen-bond acceptors (Lipinski definition) is 11. The Morgan fingerprint density at radius 1 is 0.815 bits per heavy atom. The van der Waals surface area contributed by atoms with E-state index in [9.17, 15) is 41.9 Å². The number of nitrogens with two attached hydrogens (primary N) is 4. The Bertz CT molecular complexity index is 1250. The van der Waals surface area contributed by atoms with Gasteiger partial charge < -0.3 is 64.7 Å². The SMILES string of the molecule is CC(C)C[C@@H]1NC(=O)CCNC(=O)CNC(=O)[C@H](N=C(N)N)CCOCNC(=O)[C@H](CCCCN)NC(=O)[C@H](CCCCN)NC1=O.O=C(O)C(F)(F)F. The molecule has 1 aliphatic rings. The smallest absolute Gasteiger partial charge is 0.475 e. The van der Waals surface area contributed by atoms with E-state index >= 15 is 0 Å². The number of hydrogen-bond donors (Lipinski definition) is 11. The summed E-state index contributed by atoms with van der Waals surface area (Å²) in [5.41, 5.74) is 22.2. The van der Waals surface area contributed by atoms with Crippen molar-refractivity contribution in [1.29, 1.82) is 0 Å². The standard InChI is InChI=1S/C29H55N11O7.C2HF3O2/c1-18(2)15-22-28(46)39-20(8-4-6-12-31)27(45)38-19(7-3-5-11-30)26(44)36-17-47-14-10-21(40-29(32)33)25(43)35-16-24(42)34-13-9-23(41)37-22;3-2(4,5)1(6)7/h18-22H,3-17,30-31H2,1-2H3,(H,34,42)(H,35,43)(H,36,44)(H,37,41)(H,38,45)(H,39,46)(H4,32,33,40);(H,6,7)/t19-,20-,21+,22-;/m0./s1. The van der Waals surface area contributed by atoms with Crippen LogP contribution in [0.5, 0.6) is 0 Å². The summed E-state index contributed by atoms with van der Waals surface area (Å²) in [6.45, 7) is 3.84. The number of halogens is 3. The number of aliphatic imine (C=N–C) groups is 1. The van der Waals surface area contributed by atoms with Crippen LogP contribution in [-0.4, -0.2) is 122 Å². The number of nitrogens with zero attached hydrogens (tertiary/aromatic N) is 1. The number of nitrogens with one attached hydrogen (secondary N) is 6. The van der Waals surface area contributed by atoms with E-state index in [0.717, 1.165) is 0 Å². The molecular formula is C31H56F3N11O9. The van der Waals surface area contributed by atoms with E-state index in [0.29, 0.717) is 38.8 Å². The van der Waals surface area contributed by atoms with E-state index in [1.165, 1.54) is 0 Å². The lowest BCUT2D eigenvalue weighted by atomic mass is 10.0. The Balaban J connectivity index is 0.00000363. The number of unbranched alkanes of at least 4 members (excludes halogenated alkanes) is 2. The highest BCUT2D eigenvalue weighted by Crippen LogP contribution is 2.13. The van der Waals surface area contributed by atoms with Crippen LogP contribution in [0.1, 0.15) is 71.6 Å². The lowest BCUT2D eigenvalue weighted by Crippen LogP contribution is -2.57. The molecule has 0 unspecified atom stereocenters. The van der Waals surface area contributed by atoms with Crippen LogP contribution in [0.4, 0.5) is 13.2 Å². The van der Waals surface area contributed by atoms with Crippen molar-refractivity contribution in [2.24, 2.45) is 33.8 Å². The molecule has 1 heterocycles. The molecule has 1 aliphatic heterocycles. The number of carbonyl (C=O) groups excluding carboxylic acids is 6.